The molecule has 2 rings (SSSR count). The van der Waals surface area contributed by atoms with Gasteiger partial charge in [-0.05, 0) is 25.2 Å². The van der Waals surface area contributed by atoms with E-state index in [1.54, 1.807) is 18.3 Å². The summed E-state index contributed by atoms with van der Waals surface area (Å²) in [5.41, 5.74) is 2.26. The Kier molecular flexibility index (Phi) is 2.94. The molecule has 0 atom stereocenters. The molecule has 0 saturated heterocycles. The Bertz CT molecular complexity index is 523. The summed E-state index contributed by atoms with van der Waals surface area (Å²) in [6.45, 7) is 0.679. The van der Waals surface area contributed by atoms with Crippen molar-refractivity contribution in [3.05, 3.63) is 41.7 Å². The van der Waals surface area contributed by atoms with Crippen molar-refractivity contribution < 1.29 is 0 Å². The number of rotatable bonds is 3. The summed E-state index contributed by atoms with van der Waals surface area (Å²) in [5, 5.41) is 20.2. The zero-order valence-corrected chi connectivity index (χ0v) is 8.88. The molecular formula is C11H11N5. The summed E-state index contributed by atoms with van der Waals surface area (Å²) in [6.07, 6.45) is 1.70. The molecule has 0 unspecified atom stereocenters. The fourth-order valence-electron chi connectivity index (χ4n) is 1.38. The highest BCUT2D eigenvalue weighted by atomic mass is 15.5. The number of nitrogens with zero attached hydrogens (tertiary/aromatic N) is 4. The van der Waals surface area contributed by atoms with Gasteiger partial charge in [-0.15, -0.1) is 0 Å². The van der Waals surface area contributed by atoms with Gasteiger partial charge in [-0.25, -0.2) is 0 Å². The Morgan fingerprint density at radius 2 is 2.38 bits per heavy atom. The van der Waals surface area contributed by atoms with Crippen LogP contribution >= 0.6 is 0 Å². The van der Waals surface area contributed by atoms with Gasteiger partial charge in [0.2, 0.25) is 0 Å². The van der Waals surface area contributed by atoms with Crippen LogP contribution in [0.1, 0.15) is 11.3 Å². The van der Waals surface area contributed by atoms with Gasteiger partial charge in [-0.3, -0.25) is 0 Å². The quantitative estimate of drug-likeness (QED) is 0.821. The van der Waals surface area contributed by atoms with Crippen LogP contribution < -0.4 is 5.32 Å². The second-order valence-corrected chi connectivity index (χ2v) is 3.32. The van der Waals surface area contributed by atoms with Gasteiger partial charge in [-0.1, -0.05) is 6.07 Å². The van der Waals surface area contributed by atoms with E-state index < -0.39 is 0 Å². The first kappa shape index (κ1) is 10.3. The molecule has 0 aliphatic rings. The smallest absolute Gasteiger partial charge is 0.0992 e. The Morgan fingerprint density at radius 3 is 3.12 bits per heavy atom. The predicted octanol–water partition coefficient (Wildman–Crippen LogP) is 0.858. The van der Waals surface area contributed by atoms with Gasteiger partial charge < -0.3 is 5.32 Å². The average Bonchev–Trinajstić information content (AvgIpc) is 2.78. The van der Waals surface area contributed by atoms with Gasteiger partial charge >= 0.3 is 0 Å². The lowest BCUT2D eigenvalue weighted by atomic mass is 10.2. The van der Waals surface area contributed by atoms with Crippen molar-refractivity contribution in [1.82, 2.24) is 20.3 Å². The molecule has 2 aromatic rings. The Labute approximate surface area is 93.3 Å². The molecule has 0 spiro atoms. The number of benzene rings is 1. The molecule has 0 amide bonds. The molecule has 0 aliphatic carbocycles. The minimum absolute atomic E-state index is 0.602. The van der Waals surface area contributed by atoms with E-state index in [1.165, 1.54) is 4.80 Å². The van der Waals surface area contributed by atoms with Gasteiger partial charge in [0.05, 0.1) is 29.2 Å². The van der Waals surface area contributed by atoms with Crippen molar-refractivity contribution in [2.75, 3.05) is 7.05 Å². The minimum atomic E-state index is 0.602. The van der Waals surface area contributed by atoms with Crippen LogP contribution in [0.15, 0.2) is 30.5 Å². The van der Waals surface area contributed by atoms with Crippen LogP contribution in [-0.2, 0) is 6.54 Å². The van der Waals surface area contributed by atoms with Gasteiger partial charge in [-0.2, -0.15) is 20.3 Å². The first-order valence-electron chi connectivity index (χ1n) is 4.90. The first-order valence-corrected chi connectivity index (χ1v) is 4.90. The van der Waals surface area contributed by atoms with Crippen LogP contribution in [0.2, 0.25) is 0 Å². The summed E-state index contributed by atoms with van der Waals surface area (Å²) in [6, 6.07) is 9.27. The lowest BCUT2D eigenvalue weighted by Gasteiger charge is -1.99. The maximum Gasteiger partial charge on any atom is 0.0992 e. The van der Waals surface area contributed by atoms with E-state index in [2.05, 4.69) is 21.6 Å². The maximum absolute atomic E-state index is 8.79. The van der Waals surface area contributed by atoms with E-state index >= 15 is 0 Å². The number of aromatic nitrogens is 3. The standard InChI is InChI=1S/C11H11N5/c1-13-7-10-8-14-16(15-10)11-4-2-3-9(5-11)6-12/h2-5,8,13H,7H2,1H3. The number of nitriles is 1. The topological polar surface area (TPSA) is 66.5 Å². The lowest BCUT2D eigenvalue weighted by Crippen LogP contribution is -2.06. The van der Waals surface area contributed by atoms with Crippen LogP contribution in [0, 0.1) is 11.3 Å². The summed E-state index contributed by atoms with van der Waals surface area (Å²) in [7, 11) is 1.86. The van der Waals surface area contributed by atoms with Crippen molar-refractivity contribution in [3.63, 3.8) is 0 Å². The van der Waals surface area contributed by atoms with Gasteiger partial charge in [0, 0.05) is 6.54 Å². The van der Waals surface area contributed by atoms with Crippen molar-refractivity contribution in [2.24, 2.45) is 0 Å². The molecule has 0 fully saturated rings. The van der Waals surface area contributed by atoms with E-state index in [4.69, 9.17) is 5.26 Å². The summed E-state index contributed by atoms with van der Waals surface area (Å²) in [5.74, 6) is 0. The van der Waals surface area contributed by atoms with E-state index in [1.807, 2.05) is 19.2 Å². The van der Waals surface area contributed by atoms with Crippen LogP contribution in [0.5, 0.6) is 0 Å². The number of hydrogen-bond donors (Lipinski definition) is 1. The zero-order valence-electron chi connectivity index (χ0n) is 8.88. The molecule has 5 heteroatoms. The fourth-order valence-corrected chi connectivity index (χ4v) is 1.38. The third-order valence-electron chi connectivity index (χ3n) is 2.10. The highest BCUT2D eigenvalue weighted by molar-refractivity contribution is 5.39. The van der Waals surface area contributed by atoms with Crippen molar-refractivity contribution in [1.29, 1.82) is 5.26 Å². The van der Waals surface area contributed by atoms with Crippen molar-refractivity contribution >= 4 is 0 Å². The highest BCUT2D eigenvalue weighted by Gasteiger charge is 2.02. The SMILES string of the molecule is CNCc1cnn(-c2cccc(C#N)c2)n1. The van der Waals surface area contributed by atoms with E-state index in [-0.39, 0.29) is 0 Å². The molecule has 0 aliphatic heterocycles. The molecule has 1 N–H and O–H groups in total. The maximum atomic E-state index is 8.79. The Hall–Kier alpha value is -2.19. The largest absolute Gasteiger partial charge is 0.314 e. The second kappa shape index (κ2) is 4.55. The van der Waals surface area contributed by atoms with Crippen LogP contribution in [0.4, 0.5) is 0 Å². The molecule has 80 valence electrons. The van der Waals surface area contributed by atoms with Crippen LogP contribution in [0.25, 0.3) is 5.69 Å². The number of nitrogens with one attached hydrogen (secondary N) is 1. The summed E-state index contributed by atoms with van der Waals surface area (Å²) in [4.78, 5) is 1.52. The van der Waals surface area contributed by atoms with E-state index in [9.17, 15) is 0 Å². The molecule has 1 aromatic carbocycles. The zero-order chi connectivity index (χ0) is 11.4. The van der Waals surface area contributed by atoms with Gasteiger partial charge in [0.25, 0.3) is 0 Å². The van der Waals surface area contributed by atoms with E-state index in [0.29, 0.717) is 12.1 Å². The fraction of sp³-hybridized carbons (Fsp3) is 0.182. The first-order chi connectivity index (χ1) is 7.83. The molecule has 5 nitrogen and oxygen atoms in total. The molecule has 1 aromatic heterocycles. The van der Waals surface area contributed by atoms with E-state index in [0.717, 1.165) is 11.4 Å². The predicted molar refractivity (Wildman–Crippen MR) is 58.8 cm³/mol. The van der Waals surface area contributed by atoms with Gasteiger partial charge in [0.1, 0.15) is 0 Å². The van der Waals surface area contributed by atoms with Gasteiger partial charge in [0.15, 0.2) is 0 Å². The van der Waals surface area contributed by atoms with Crippen molar-refractivity contribution in [3.8, 4) is 11.8 Å². The van der Waals surface area contributed by atoms with Crippen molar-refractivity contribution in [2.45, 2.75) is 6.54 Å². The molecular weight excluding hydrogens is 202 g/mol. The molecule has 1 heterocycles. The normalized spacial score (nSPS) is 10.0. The molecule has 0 radical (unpaired) electrons. The average molecular weight is 213 g/mol. The third kappa shape index (κ3) is 2.07. The summed E-state index contributed by atoms with van der Waals surface area (Å²) >= 11 is 0. The lowest BCUT2D eigenvalue weighted by molar-refractivity contribution is 0.716. The van der Waals surface area contributed by atoms with Crippen LogP contribution in [0.3, 0.4) is 0 Å². The third-order valence-corrected chi connectivity index (χ3v) is 2.10. The highest BCUT2D eigenvalue weighted by Crippen LogP contribution is 2.08. The Morgan fingerprint density at radius 1 is 1.50 bits per heavy atom. The number of hydrogen-bond acceptors (Lipinski definition) is 4. The second-order valence-electron chi connectivity index (χ2n) is 3.32. The summed E-state index contributed by atoms with van der Waals surface area (Å²) < 4.78 is 0. The van der Waals surface area contributed by atoms with Crippen LogP contribution in [-0.4, -0.2) is 22.0 Å². The minimum Gasteiger partial charge on any atom is -0.314 e. The molecule has 16 heavy (non-hydrogen) atoms. The monoisotopic (exact) mass is 213 g/mol. The Balaban J connectivity index is 2.32. The molecule has 0 saturated carbocycles. The molecule has 0 bridgehead atoms.